The molecule has 1 atom stereocenters. The smallest absolute Gasteiger partial charge is 0.306 e. The monoisotopic (exact) mass is 813 g/mol. The lowest BCUT2D eigenvalue weighted by molar-refractivity contribution is -0.154. The number of aliphatic hydroxyl groups excluding tert-OH is 1. The fourth-order valence-electron chi connectivity index (χ4n) is 6.00. The van der Waals surface area contributed by atoms with E-state index < -0.39 is 6.10 Å². The first kappa shape index (κ1) is 55.5. The second-order valence-electron chi connectivity index (χ2n) is 15.1. The number of carbonyl (C=O) groups excluding carboxylic acids is 1. The minimum Gasteiger partial charge on any atom is -0.457 e. The van der Waals surface area contributed by atoms with Gasteiger partial charge in [0, 0.05) is 13.0 Å². The molecule has 1 unspecified atom stereocenters. The van der Waals surface area contributed by atoms with E-state index in [4.69, 9.17) is 9.47 Å². The Morgan fingerprint density at radius 1 is 0.407 bits per heavy atom. The maximum atomic E-state index is 12.3. The molecule has 0 saturated carbocycles. The van der Waals surface area contributed by atoms with Gasteiger partial charge in [-0.15, -0.1) is 0 Å². The van der Waals surface area contributed by atoms with Crippen LogP contribution >= 0.6 is 0 Å². The Hall–Kier alpha value is -3.47. The summed E-state index contributed by atoms with van der Waals surface area (Å²) in [4.78, 5) is 12.3. The van der Waals surface area contributed by atoms with Gasteiger partial charge in [0.2, 0.25) is 0 Å². The van der Waals surface area contributed by atoms with Crippen LogP contribution in [0.3, 0.4) is 0 Å². The molecular weight excluding hydrogens is 725 g/mol. The van der Waals surface area contributed by atoms with Crippen LogP contribution in [0.1, 0.15) is 181 Å². The number of hydrogen-bond donors (Lipinski definition) is 1. The van der Waals surface area contributed by atoms with Crippen molar-refractivity contribution in [3.05, 3.63) is 134 Å². The van der Waals surface area contributed by atoms with E-state index in [-0.39, 0.29) is 19.2 Å². The summed E-state index contributed by atoms with van der Waals surface area (Å²) in [5.74, 6) is -0.225. The second-order valence-corrected chi connectivity index (χ2v) is 15.1. The maximum Gasteiger partial charge on any atom is 0.306 e. The van der Waals surface area contributed by atoms with Crippen molar-refractivity contribution in [2.24, 2.45) is 0 Å². The Balaban J connectivity index is 3.57. The van der Waals surface area contributed by atoms with E-state index in [1.165, 1.54) is 44.9 Å². The van der Waals surface area contributed by atoms with Crippen LogP contribution in [0.2, 0.25) is 0 Å². The minimum atomic E-state index is -0.563. The van der Waals surface area contributed by atoms with Gasteiger partial charge in [-0.1, -0.05) is 199 Å². The molecule has 0 aromatic heterocycles. The third-order valence-electron chi connectivity index (χ3n) is 9.47. The zero-order valence-corrected chi connectivity index (χ0v) is 38.0. The van der Waals surface area contributed by atoms with E-state index in [9.17, 15) is 9.90 Å². The molecule has 0 aromatic rings. The van der Waals surface area contributed by atoms with E-state index in [0.29, 0.717) is 13.0 Å². The lowest BCUT2D eigenvalue weighted by Gasteiger charge is -2.15. The summed E-state index contributed by atoms with van der Waals surface area (Å²) in [5, 5.41) is 9.64. The van der Waals surface area contributed by atoms with Crippen molar-refractivity contribution < 1.29 is 19.4 Å². The standard InChI is InChI=1S/C55H88O4/c1-3-5-7-9-11-13-15-17-19-21-23-25-27-29-31-33-35-37-39-41-43-45-47-49-51-58-53-54(52-56)59-55(57)50-48-46-44-42-40-38-36-34-32-30-28-26-24-22-20-18-16-14-12-10-8-6-4-2/h5-8,11-14,17-20,23-26,29-32,35,37,54,56H,3-4,9-10,15-16,21-22,27-28,33-34,36,38-53H2,1-2H3/b7-5-,8-6-,13-11-,14-12-,19-17-,20-18-,25-23-,26-24-,31-29-,32-30-,37-35-. The number of aliphatic hydroxyl groups is 1. The number of hydrogen-bond acceptors (Lipinski definition) is 4. The largest absolute Gasteiger partial charge is 0.457 e. The molecule has 0 rings (SSSR count). The van der Waals surface area contributed by atoms with Crippen molar-refractivity contribution in [1.82, 2.24) is 0 Å². The summed E-state index contributed by atoms with van der Waals surface area (Å²) in [6, 6.07) is 0. The van der Waals surface area contributed by atoms with Crippen LogP contribution < -0.4 is 0 Å². The molecular formula is C55H88O4. The van der Waals surface area contributed by atoms with Gasteiger partial charge in [-0.25, -0.2) is 0 Å². The van der Waals surface area contributed by atoms with Crippen molar-refractivity contribution in [1.29, 1.82) is 0 Å². The number of rotatable bonds is 42. The van der Waals surface area contributed by atoms with E-state index in [1.54, 1.807) is 0 Å². The van der Waals surface area contributed by atoms with E-state index in [2.05, 4.69) is 148 Å². The molecule has 1 N–H and O–H groups in total. The highest BCUT2D eigenvalue weighted by Crippen LogP contribution is 2.12. The Bertz CT molecular complexity index is 1220. The summed E-state index contributed by atoms with van der Waals surface area (Å²) < 4.78 is 11.2. The summed E-state index contributed by atoms with van der Waals surface area (Å²) in [5.41, 5.74) is 0. The summed E-state index contributed by atoms with van der Waals surface area (Å²) >= 11 is 0. The highest BCUT2D eigenvalue weighted by Gasteiger charge is 2.13. The molecule has 0 aliphatic carbocycles. The van der Waals surface area contributed by atoms with Gasteiger partial charge >= 0.3 is 5.97 Å². The first-order valence-corrected chi connectivity index (χ1v) is 23.8. The Labute approximate surface area is 364 Å². The molecule has 0 amide bonds. The third-order valence-corrected chi connectivity index (χ3v) is 9.47. The van der Waals surface area contributed by atoms with Crippen LogP contribution in [-0.2, 0) is 14.3 Å². The quantitative estimate of drug-likeness (QED) is 0.0379. The molecule has 4 heteroatoms. The third kappa shape index (κ3) is 48.8. The van der Waals surface area contributed by atoms with Gasteiger partial charge in [-0.3, -0.25) is 4.79 Å². The number of ether oxygens (including phenoxy) is 2. The van der Waals surface area contributed by atoms with Gasteiger partial charge in [-0.2, -0.15) is 0 Å². The van der Waals surface area contributed by atoms with Crippen LogP contribution in [0.25, 0.3) is 0 Å². The van der Waals surface area contributed by atoms with Crippen LogP contribution in [0, 0.1) is 0 Å². The molecule has 0 heterocycles. The highest BCUT2D eigenvalue weighted by molar-refractivity contribution is 5.69. The van der Waals surface area contributed by atoms with E-state index in [1.807, 2.05) is 0 Å². The van der Waals surface area contributed by atoms with Crippen LogP contribution in [0.4, 0.5) is 0 Å². The number of carbonyl (C=O) groups is 1. The minimum absolute atomic E-state index is 0.194. The average molecular weight is 813 g/mol. The lowest BCUT2D eigenvalue weighted by atomic mass is 10.1. The number of esters is 1. The molecule has 0 fully saturated rings. The Kier molecular flexibility index (Phi) is 47.7. The molecule has 0 radical (unpaired) electrons. The highest BCUT2D eigenvalue weighted by atomic mass is 16.6. The molecule has 0 spiro atoms. The molecule has 0 aromatic carbocycles. The SMILES string of the molecule is CC/C=C\C/C=C\C/C=C\C/C=C\C/C=C\C/C=C\CCCCCCCOCC(CO)OC(=O)CCCCCCCCC/C=C\C/C=C\C/C=C\C/C=C\C/C=C\CC. The molecule has 0 aliphatic rings. The van der Waals surface area contributed by atoms with Gasteiger partial charge in [0.15, 0.2) is 0 Å². The molecule has 59 heavy (non-hydrogen) atoms. The number of unbranched alkanes of at least 4 members (excludes halogenated alkanes) is 12. The van der Waals surface area contributed by atoms with Crippen LogP contribution in [-0.4, -0.2) is 37.0 Å². The van der Waals surface area contributed by atoms with Gasteiger partial charge in [0.05, 0.1) is 13.2 Å². The van der Waals surface area contributed by atoms with Crippen molar-refractivity contribution >= 4 is 5.97 Å². The zero-order valence-electron chi connectivity index (χ0n) is 38.0. The predicted octanol–water partition coefficient (Wildman–Crippen LogP) is 16.2. The average Bonchev–Trinajstić information content (AvgIpc) is 3.24. The van der Waals surface area contributed by atoms with Gasteiger partial charge in [0.1, 0.15) is 6.10 Å². The Morgan fingerprint density at radius 3 is 1.07 bits per heavy atom. The van der Waals surface area contributed by atoms with Crippen LogP contribution in [0.15, 0.2) is 134 Å². The molecule has 332 valence electrons. The van der Waals surface area contributed by atoms with E-state index in [0.717, 1.165) is 116 Å². The van der Waals surface area contributed by atoms with Gasteiger partial charge in [-0.05, 0) is 109 Å². The first-order valence-electron chi connectivity index (χ1n) is 23.8. The van der Waals surface area contributed by atoms with Crippen molar-refractivity contribution in [2.45, 2.75) is 187 Å². The first-order chi connectivity index (χ1) is 29.2. The molecule has 0 saturated heterocycles. The van der Waals surface area contributed by atoms with Crippen LogP contribution in [0.5, 0.6) is 0 Å². The summed E-state index contributed by atoms with van der Waals surface area (Å²) in [7, 11) is 0. The molecule has 0 aliphatic heterocycles. The Morgan fingerprint density at radius 2 is 0.712 bits per heavy atom. The van der Waals surface area contributed by atoms with E-state index >= 15 is 0 Å². The summed E-state index contributed by atoms with van der Waals surface area (Å²) in [6.45, 7) is 5.04. The second kappa shape index (κ2) is 50.7. The topological polar surface area (TPSA) is 55.8 Å². The number of allylic oxidation sites excluding steroid dienone is 22. The summed E-state index contributed by atoms with van der Waals surface area (Å²) in [6.07, 6.45) is 76.6. The van der Waals surface area contributed by atoms with Crippen molar-refractivity contribution in [3.8, 4) is 0 Å². The fourth-order valence-corrected chi connectivity index (χ4v) is 6.00. The predicted molar refractivity (Wildman–Crippen MR) is 260 cm³/mol. The molecule has 4 nitrogen and oxygen atoms in total. The normalized spacial score (nSPS) is 13.6. The van der Waals surface area contributed by atoms with Crippen molar-refractivity contribution in [3.63, 3.8) is 0 Å². The van der Waals surface area contributed by atoms with Crippen molar-refractivity contribution in [2.75, 3.05) is 19.8 Å². The lowest BCUT2D eigenvalue weighted by Crippen LogP contribution is -2.27. The fraction of sp³-hybridized carbons (Fsp3) is 0.582. The van der Waals surface area contributed by atoms with Gasteiger partial charge < -0.3 is 14.6 Å². The maximum absolute atomic E-state index is 12.3. The van der Waals surface area contributed by atoms with Gasteiger partial charge in [0.25, 0.3) is 0 Å². The molecule has 0 bridgehead atoms. The zero-order chi connectivity index (χ0) is 42.6.